The number of rotatable bonds is 5. The van der Waals surface area contributed by atoms with E-state index in [9.17, 15) is 8.78 Å². The highest BCUT2D eigenvalue weighted by Gasteiger charge is 2.15. The maximum absolute atomic E-state index is 12.9. The normalized spacial score (nSPS) is 12.6. The van der Waals surface area contributed by atoms with Crippen molar-refractivity contribution in [3.63, 3.8) is 0 Å². The molecule has 3 N–H and O–H groups in total. The monoisotopic (exact) mass is 282 g/mol. The number of nitrogen functional groups attached to an aromatic ring is 1. The smallest absolute Gasteiger partial charge is 0.265 e. The molecule has 0 saturated heterocycles. The van der Waals surface area contributed by atoms with E-state index in [0.29, 0.717) is 11.4 Å². The molecule has 0 fully saturated rings. The van der Waals surface area contributed by atoms with Gasteiger partial charge in [0.2, 0.25) is 0 Å². The molecule has 5 heteroatoms. The van der Waals surface area contributed by atoms with Gasteiger partial charge in [0.25, 0.3) is 6.43 Å². The number of nitrogens with one attached hydrogen (secondary N) is 1. The van der Waals surface area contributed by atoms with Crippen LogP contribution in [0.2, 0.25) is 0 Å². The highest BCUT2D eigenvalue weighted by atomic mass is 32.1. The number of hydrogen-bond acceptors (Lipinski definition) is 3. The van der Waals surface area contributed by atoms with Crippen molar-refractivity contribution in [1.29, 1.82) is 0 Å². The van der Waals surface area contributed by atoms with Gasteiger partial charge in [-0.3, -0.25) is 0 Å². The first-order chi connectivity index (χ1) is 9.06. The van der Waals surface area contributed by atoms with E-state index in [0.717, 1.165) is 6.42 Å². The maximum atomic E-state index is 12.9. The van der Waals surface area contributed by atoms with Crippen molar-refractivity contribution < 1.29 is 8.78 Å². The lowest BCUT2D eigenvalue weighted by Gasteiger charge is -2.18. The summed E-state index contributed by atoms with van der Waals surface area (Å²) in [6.45, 7) is 1.98. The number of hydrogen-bond donors (Lipinski definition) is 2. The molecule has 0 spiro atoms. The van der Waals surface area contributed by atoms with E-state index in [1.54, 1.807) is 23.5 Å². The molecule has 1 heterocycles. The van der Waals surface area contributed by atoms with Crippen LogP contribution in [0.25, 0.3) is 0 Å². The molecule has 1 aromatic heterocycles. The van der Waals surface area contributed by atoms with Crippen molar-refractivity contribution in [2.24, 2.45) is 0 Å². The van der Waals surface area contributed by atoms with Crippen LogP contribution in [0.1, 0.15) is 24.5 Å². The minimum Gasteiger partial charge on any atom is -0.399 e. The quantitative estimate of drug-likeness (QED) is 0.802. The average Bonchev–Trinajstić information content (AvgIpc) is 2.83. The highest BCUT2D eigenvalue weighted by Crippen LogP contribution is 2.29. The van der Waals surface area contributed by atoms with E-state index in [1.165, 1.54) is 11.6 Å². The van der Waals surface area contributed by atoms with Crippen LogP contribution in [-0.4, -0.2) is 6.04 Å². The fourth-order valence-electron chi connectivity index (χ4n) is 1.97. The molecule has 0 aliphatic heterocycles. The summed E-state index contributed by atoms with van der Waals surface area (Å²) in [6, 6.07) is 6.69. The molecule has 102 valence electrons. The lowest BCUT2D eigenvalue weighted by atomic mass is 10.1. The van der Waals surface area contributed by atoms with Crippen molar-refractivity contribution >= 4 is 22.7 Å². The predicted octanol–water partition coefficient (Wildman–Crippen LogP) is 4.31. The molecule has 0 radical (unpaired) electrons. The summed E-state index contributed by atoms with van der Waals surface area (Å²) in [5, 5.41) is 7.20. The zero-order valence-electron chi connectivity index (χ0n) is 10.6. The minimum atomic E-state index is -2.53. The summed E-state index contributed by atoms with van der Waals surface area (Å²) >= 11 is 1.63. The molecule has 2 aromatic rings. The standard InChI is InChI=1S/C14H16F2N2S/c1-9(6-10-4-5-19-8-10)18-13-3-2-11(17)7-12(13)14(15)16/h2-5,7-9,14,18H,6,17H2,1H3. The van der Waals surface area contributed by atoms with Crippen molar-refractivity contribution in [3.8, 4) is 0 Å². The number of anilines is 2. The van der Waals surface area contributed by atoms with Gasteiger partial charge in [0, 0.05) is 23.0 Å². The first-order valence-electron chi connectivity index (χ1n) is 6.01. The second-order valence-corrected chi connectivity index (χ2v) is 5.31. The second-order valence-electron chi connectivity index (χ2n) is 4.53. The van der Waals surface area contributed by atoms with Gasteiger partial charge in [-0.1, -0.05) is 0 Å². The molecule has 1 atom stereocenters. The van der Waals surface area contributed by atoms with Crippen molar-refractivity contribution in [3.05, 3.63) is 46.2 Å². The summed E-state index contributed by atoms with van der Waals surface area (Å²) in [4.78, 5) is 0. The van der Waals surface area contributed by atoms with E-state index < -0.39 is 6.43 Å². The Hall–Kier alpha value is -1.62. The number of nitrogens with two attached hydrogens (primary N) is 1. The molecule has 1 aromatic carbocycles. The Balaban J connectivity index is 2.10. The second kappa shape index (κ2) is 6.02. The Morgan fingerprint density at radius 3 is 2.74 bits per heavy atom. The third-order valence-electron chi connectivity index (χ3n) is 2.83. The fourth-order valence-corrected chi connectivity index (χ4v) is 2.65. The third-order valence-corrected chi connectivity index (χ3v) is 3.57. The zero-order valence-corrected chi connectivity index (χ0v) is 11.4. The summed E-state index contributed by atoms with van der Waals surface area (Å²) in [5.74, 6) is 0. The van der Waals surface area contributed by atoms with Gasteiger partial charge in [0.1, 0.15) is 0 Å². The first-order valence-corrected chi connectivity index (χ1v) is 6.95. The molecule has 0 aliphatic carbocycles. The van der Waals surface area contributed by atoms with Crippen LogP contribution in [0.5, 0.6) is 0 Å². The summed E-state index contributed by atoms with van der Waals surface area (Å²) in [7, 11) is 0. The van der Waals surface area contributed by atoms with Crippen LogP contribution in [0.15, 0.2) is 35.0 Å². The largest absolute Gasteiger partial charge is 0.399 e. The van der Waals surface area contributed by atoms with Crippen molar-refractivity contribution in [1.82, 2.24) is 0 Å². The molecule has 2 rings (SSSR count). The van der Waals surface area contributed by atoms with Crippen LogP contribution in [0, 0.1) is 0 Å². The number of benzene rings is 1. The predicted molar refractivity (Wildman–Crippen MR) is 76.9 cm³/mol. The first kappa shape index (κ1) is 13.8. The van der Waals surface area contributed by atoms with Crippen LogP contribution >= 0.6 is 11.3 Å². The number of thiophene rings is 1. The van der Waals surface area contributed by atoms with Gasteiger partial charge < -0.3 is 11.1 Å². The summed E-state index contributed by atoms with van der Waals surface area (Å²) in [6.07, 6.45) is -1.73. The molecule has 0 amide bonds. The Morgan fingerprint density at radius 1 is 1.32 bits per heavy atom. The van der Waals surface area contributed by atoms with Crippen LogP contribution in [-0.2, 0) is 6.42 Å². The van der Waals surface area contributed by atoms with Crippen molar-refractivity contribution in [2.75, 3.05) is 11.1 Å². The van der Waals surface area contributed by atoms with Crippen LogP contribution < -0.4 is 11.1 Å². The van der Waals surface area contributed by atoms with Gasteiger partial charge >= 0.3 is 0 Å². The van der Waals surface area contributed by atoms with E-state index in [4.69, 9.17) is 5.73 Å². The van der Waals surface area contributed by atoms with Gasteiger partial charge in [-0.15, -0.1) is 0 Å². The number of alkyl halides is 2. The van der Waals surface area contributed by atoms with E-state index in [-0.39, 0.29) is 11.6 Å². The van der Waals surface area contributed by atoms with E-state index in [1.807, 2.05) is 18.4 Å². The van der Waals surface area contributed by atoms with Crippen LogP contribution in [0.4, 0.5) is 20.2 Å². The van der Waals surface area contributed by atoms with E-state index in [2.05, 4.69) is 10.7 Å². The molecular weight excluding hydrogens is 266 g/mol. The molecule has 1 unspecified atom stereocenters. The van der Waals surface area contributed by atoms with Gasteiger partial charge in [0.05, 0.1) is 0 Å². The Labute approximate surface area is 115 Å². The third kappa shape index (κ3) is 3.67. The summed E-state index contributed by atoms with van der Waals surface area (Å²) < 4.78 is 25.9. The Kier molecular flexibility index (Phi) is 4.37. The fraction of sp³-hybridized carbons (Fsp3) is 0.286. The average molecular weight is 282 g/mol. The molecule has 0 aliphatic rings. The lowest BCUT2D eigenvalue weighted by Crippen LogP contribution is -2.19. The molecular formula is C14H16F2N2S. The lowest BCUT2D eigenvalue weighted by molar-refractivity contribution is 0.152. The van der Waals surface area contributed by atoms with Crippen LogP contribution in [0.3, 0.4) is 0 Å². The SMILES string of the molecule is CC(Cc1ccsc1)Nc1ccc(N)cc1C(F)F. The molecule has 0 bridgehead atoms. The van der Waals surface area contributed by atoms with Gasteiger partial charge in [-0.25, -0.2) is 8.78 Å². The molecule has 19 heavy (non-hydrogen) atoms. The van der Waals surface area contributed by atoms with Gasteiger partial charge in [-0.2, -0.15) is 11.3 Å². The summed E-state index contributed by atoms with van der Waals surface area (Å²) in [5.41, 5.74) is 7.51. The van der Waals surface area contributed by atoms with Crippen molar-refractivity contribution in [2.45, 2.75) is 25.8 Å². The topological polar surface area (TPSA) is 38.0 Å². The number of halogens is 2. The highest BCUT2D eigenvalue weighted by molar-refractivity contribution is 7.07. The maximum Gasteiger partial charge on any atom is 0.265 e. The molecule has 0 saturated carbocycles. The van der Waals surface area contributed by atoms with Gasteiger partial charge in [-0.05, 0) is 53.9 Å². The Morgan fingerprint density at radius 2 is 2.11 bits per heavy atom. The minimum absolute atomic E-state index is 0.0443. The Bertz CT molecular complexity index is 526. The molecule has 2 nitrogen and oxygen atoms in total. The van der Waals surface area contributed by atoms with E-state index >= 15 is 0 Å². The zero-order chi connectivity index (χ0) is 13.8. The van der Waals surface area contributed by atoms with Gasteiger partial charge in [0.15, 0.2) is 0 Å².